The molecule has 0 saturated carbocycles. The van der Waals surface area contributed by atoms with E-state index >= 15 is 0 Å². The Bertz CT molecular complexity index is 560. The lowest BCUT2D eigenvalue weighted by atomic mass is 10.2. The van der Waals surface area contributed by atoms with Gasteiger partial charge >= 0.3 is 0 Å². The number of rotatable bonds is 3. The van der Waals surface area contributed by atoms with Crippen LogP contribution < -0.4 is 10.5 Å². The summed E-state index contributed by atoms with van der Waals surface area (Å²) in [4.78, 5) is 11.1. The van der Waals surface area contributed by atoms with Gasteiger partial charge in [0.15, 0.2) is 0 Å². The molecule has 0 spiro atoms. The number of carbonyl (C=O) groups excluding carboxylic acids is 1. The maximum atomic E-state index is 13.2. The molecule has 0 aliphatic heterocycles. The van der Waals surface area contributed by atoms with Crippen LogP contribution in [-0.4, -0.2) is 20.9 Å². The van der Waals surface area contributed by atoms with Gasteiger partial charge in [0.2, 0.25) is 10.0 Å². The molecule has 94 valence electrons. The van der Waals surface area contributed by atoms with Crippen molar-refractivity contribution in [1.82, 2.24) is 5.32 Å². The normalized spacial score (nSPS) is 11.3. The Kier molecular flexibility index (Phi) is 4.23. The molecule has 0 unspecified atom stereocenters. The van der Waals surface area contributed by atoms with Crippen LogP contribution >= 0.6 is 15.9 Å². The van der Waals surface area contributed by atoms with Gasteiger partial charge < -0.3 is 5.32 Å². The highest BCUT2D eigenvalue weighted by Crippen LogP contribution is 2.26. The molecular weight excluding hydrogens is 315 g/mol. The third-order valence-corrected chi connectivity index (χ3v) is 3.94. The molecule has 17 heavy (non-hydrogen) atoms. The van der Waals surface area contributed by atoms with Gasteiger partial charge in [0, 0.05) is 6.54 Å². The van der Waals surface area contributed by atoms with Gasteiger partial charge in [-0.25, -0.2) is 17.9 Å². The predicted molar refractivity (Wildman–Crippen MR) is 63.5 cm³/mol. The zero-order valence-electron chi connectivity index (χ0n) is 8.83. The minimum absolute atomic E-state index is 0.0487. The molecule has 1 rings (SSSR count). The summed E-state index contributed by atoms with van der Waals surface area (Å²) in [6.45, 7) is 2.03. The van der Waals surface area contributed by atoms with Crippen LogP contribution in [0.1, 0.15) is 17.3 Å². The van der Waals surface area contributed by atoms with E-state index in [1.54, 1.807) is 6.92 Å². The summed E-state index contributed by atoms with van der Waals surface area (Å²) >= 11 is 2.94. The zero-order valence-corrected chi connectivity index (χ0v) is 11.2. The lowest BCUT2D eigenvalue weighted by molar-refractivity contribution is 0.0954. The fourth-order valence-corrected chi connectivity index (χ4v) is 2.91. The summed E-state index contributed by atoms with van der Waals surface area (Å²) in [5.74, 6) is -1.43. The van der Waals surface area contributed by atoms with Gasteiger partial charge in [0.1, 0.15) is 5.82 Å². The van der Waals surface area contributed by atoms with Crippen LogP contribution in [0.4, 0.5) is 4.39 Å². The molecule has 1 aromatic rings. The molecule has 5 nitrogen and oxygen atoms in total. The first-order valence-electron chi connectivity index (χ1n) is 4.57. The standard InChI is InChI=1S/C9H10BrFN2O3S/c1-2-13-9(14)6-3-5(11)4-7(8(6)10)17(12,15)16/h3-4H,2H2,1H3,(H,13,14)(H2,12,15,16). The van der Waals surface area contributed by atoms with Crippen LogP contribution in [0.2, 0.25) is 0 Å². The summed E-state index contributed by atoms with van der Waals surface area (Å²) in [5.41, 5.74) is -0.115. The average Bonchev–Trinajstić information content (AvgIpc) is 2.19. The SMILES string of the molecule is CCNC(=O)c1cc(F)cc(S(N)(=O)=O)c1Br. The fraction of sp³-hybridized carbons (Fsp3) is 0.222. The van der Waals surface area contributed by atoms with Gasteiger partial charge in [-0.05, 0) is 35.0 Å². The zero-order chi connectivity index (χ0) is 13.2. The lowest BCUT2D eigenvalue weighted by Crippen LogP contribution is -2.24. The molecule has 1 aromatic carbocycles. The van der Waals surface area contributed by atoms with E-state index < -0.39 is 26.6 Å². The number of carbonyl (C=O) groups is 1. The summed E-state index contributed by atoms with van der Waals surface area (Å²) in [5, 5.41) is 7.35. The van der Waals surface area contributed by atoms with Gasteiger partial charge in [0.05, 0.1) is 14.9 Å². The molecule has 0 fully saturated rings. The van der Waals surface area contributed by atoms with Crippen molar-refractivity contribution in [3.05, 3.63) is 28.0 Å². The molecular formula is C9H10BrFN2O3S. The van der Waals surface area contributed by atoms with Crippen molar-refractivity contribution in [3.63, 3.8) is 0 Å². The smallest absolute Gasteiger partial charge is 0.252 e. The summed E-state index contributed by atoms with van der Waals surface area (Å²) < 4.78 is 35.5. The maximum Gasteiger partial charge on any atom is 0.252 e. The van der Waals surface area contributed by atoms with Crippen LogP contribution in [0.5, 0.6) is 0 Å². The molecule has 0 atom stereocenters. The van der Waals surface area contributed by atoms with Crippen molar-refractivity contribution < 1.29 is 17.6 Å². The van der Waals surface area contributed by atoms with Crippen molar-refractivity contribution >= 4 is 31.9 Å². The van der Waals surface area contributed by atoms with E-state index in [-0.39, 0.29) is 10.0 Å². The predicted octanol–water partition coefficient (Wildman–Crippen LogP) is 0.985. The van der Waals surface area contributed by atoms with Gasteiger partial charge in [-0.15, -0.1) is 0 Å². The third-order valence-electron chi connectivity index (χ3n) is 1.89. The Morgan fingerprint density at radius 1 is 1.53 bits per heavy atom. The number of amides is 1. The van der Waals surface area contributed by atoms with Gasteiger partial charge in [-0.3, -0.25) is 4.79 Å². The molecule has 0 aromatic heterocycles. The van der Waals surface area contributed by atoms with Crippen molar-refractivity contribution in [2.24, 2.45) is 5.14 Å². The molecule has 0 saturated heterocycles. The van der Waals surface area contributed by atoms with Crippen LogP contribution in [0, 0.1) is 5.82 Å². The summed E-state index contributed by atoms with van der Waals surface area (Å²) in [6.07, 6.45) is 0. The molecule has 0 heterocycles. The second kappa shape index (κ2) is 5.11. The number of sulfonamides is 1. The molecule has 0 aliphatic carbocycles. The van der Waals surface area contributed by atoms with Crippen LogP contribution in [0.25, 0.3) is 0 Å². The lowest BCUT2D eigenvalue weighted by Gasteiger charge is -2.08. The van der Waals surface area contributed by atoms with Crippen LogP contribution in [0.3, 0.4) is 0 Å². The van der Waals surface area contributed by atoms with E-state index in [9.17, 15) is 17.6 Å². The van der Waals surface area contributed by atoms with Crippen molar-refractivity contribution in [3.8, 4) is 0 Å². The van der Waals surface area contributed by atoms with Gasteiger partial charge in [-0.2, -0.15) is 0 Å². The van der Waals surface area contributed by atoms with E-state index in [0.29, 0.717) is 6.54 Å². The first kappa shape index (κ1) is 14.1. The van der Waals surface area contributed by atoms with E-state index in [4.69, 9.17) is 5.14 Å². The highest BCUT2D eigenvalue weighted by Gasteiger charge is 2.20. The minimum Gasteiger partial charge on any atom is -0.352 e. The highest BCUT2D eigenvalue weighted by atomic mass is 79.9. The van der Waals surface area contributed by atoms with Crippen LogP contribution in [0.15, 0.2) is 21.5 Å². The monoisotopic (exact) mass is 324 g/mol. The summed E-state index contributed by atoms with van der Waals surface area (Å²) in [6, 6.07) is 1.69. The van der Waals surface area contributed by atoms with Crippen molar-refractivity contribution in [1.29, 1.82) is 0 Å². The quantitative estimate of drug-likeness (QED) is 0.868. The highest BCUT2D eigenvalue weighted by molar-refractivity contribution is 9.10. The minimum atomic E-state index is -4.09. The first-order chi connectivity index (χ1) is 7.77. The Hall–Kier alpha value is -0.990. The molecule has 8 heteroatoms. The topological polar surface area (TPSA) is 89.3 Å². The van der Waals surface area contributed by atoms with E-state index in [1.807, 2.05) is 0 Å². The largest absolute Gasteiger partial charge is 0.352 e. The van der Waals surface area contributed by atoms with E-state index in [2.05, 4.69) is 21.2 Å². The number of primary sulfonamides is 1. The Morgan fingerprint density at radius 3 is 2.59 bits per heavy atom. The Morgan fingerprint density at radius 2 is 2.12 bits per heavy atom. The second-order valence-electron chi connectivity index (χ2n) is 3.17. The van der Waals surface area contributed by atoms with E-state index in [0.717, 1.165) is 12.1 Å². The van der Waals surface area contributed by atoms with Gasteiger partial charge in [0.25, 0.3) is 5.91 Å². The first-order valence-corrected chi connectivity index (χ1v) is 6.91. The average molecular weight is 325 g/mol. The number of halogens is 2. The Labute approximate surface area is 106 Å². The number of hydrogen-bond acceptors (Lipinski definition) is 3. The molecule has 3 N–H and O–H groups in total. The molecule has 0 bridgehead atoms. The van der Waals surface area contributed by atoms with Crippen LogP contribution in [-0.2, 0) is 10.0 Å². The Balaban J connectivity index is 3.44. The molecule has 0 radical (unpaired) electrons. The second-order valence-corrected chi connectivity index (χ2v) is 5.49. The molecule has 1 amide bonds. The maximum absolute atomic E-state index is 13.2. The third kappa shape index (κ3) is 3.24. The van der Waals surface area contributed by atoms with E-state index in [1.165, 1.54) is 0 Å². The number of hydrogen-bond donors (Lipinski definition) is 2. The van der Waals surface area contributed by atoms with Gasteiger partial charge in [-0.1, -0.05) is 0 Å². The summed E-state index contributed by atoms with van der Waals surface area (Å²) in [7, 11) is -4.09. The number of benzene rings is 1. The van der Waals surface area contributed by atoms with Crippen molar-refractivity contribution in [2.75, 3.05) is 6.54 Å². The number of nitrogens with one attached hydrogen (secondary N) is 1. The fourth-order valence-electron chi connectivity index (χ4n) is 1.19. The molecule has 0 aliphatic rings. The van der Waals surface area contributed by atoms with Crippen molar-refractivity contribution in [2.45, 2.75) is 11.8 Å². The number of nitrogens with two attached hydrogens (primary N) is 1.